The molecule has 0 aromatic carbocycles. The molecule has 16 heavy (non-hydrogen) atoms. The van der Waals surface area contributed by atoms with Gasteiger partial charge in [-0.15, -0.1) is 0 Å². The van der Waals surface area contributed by atoms with E-state index in [1.54, 1.807) is 12.1 Å². The van der Waals surface area contributed by atoms with Crippen LogP contribution in [0.3, 0.4) is 0 Å². The van der Waals surface area contributed by atoms with Crippen LogP contribution in [0.25, 0.3) is 11.0 Å². The van der Waals surface area contributed by atoms with E-state index in [0.717, 1.165) is 11.2 Å². The molecule has 84 valence electrons. The predicted octanol–water partition coefficient (Wildman–Crippen LogP) is 2.56. The molecule has 0 spiro atoms. The van der Waals surface area contributed by atoms with Gasteiger partial charge in [0.1, 0.15) is 10.7 Å². The van der Waals surface area contributed by atoms with Gasteiger partial charge in [-0.1, -0.05) is 32.4 Å². The lowest BCUT2D eigenvalue weighted by atomic mass is 9.91. The number of pyridine rings is 1. The topological polar surface area (TPSA) is 64.7 Å². The maximum Gasteiger partial charge on any atom is 0.220 e. The van der Waals surface area contributed by atoms with E-state index >= 15 is 0 Å². The lowest BCUT2D eigenvalue weighted by Gasteiger charge is -2.19. The maximum atomic E-state index is 5.88. The molecule has 0 amide bonds. The van der Waals surface area contributed by atoms with Gasteiger partial charge in [0.25, 0.3) is 0 Å². The minimum atomic E-state index is -0.146. The highest BCUT2D eigenvalue weighted by atomic mass is 35.5. The third-order valence-corrected chi connectivity index (χ3v) is 2.45. The van der Waals surface area contributed by atoms with Crippen molar-refractivity contribution in [2.24, 2.45) is 0 Å². The molecule has 0 saturated heterocycles. The summed E-state index contributed by atoms with van der Waals surface area (Å²) < 4.78 is 0. The Kier molecular flexibility index (Phi) is 2.46. The van der Waals surface area contributed by atoms with Crippen LogP contribution < -0.4 is 5.73 Å². The first-order chi connectivity index (χ1) is 7.38. The van der Waals surface area contributed by atoms with Gasteiger partial charge in [-0.2, -0.15) is 0 Å². The van der Waals surface area contributed by atoms with Crippen molar-refractivity contribution in [3.63, 3.8) is 0 Å². The summed E-state index contributed by atoms with van der Waals surface area (Å²) in [4.78, 5) is 12.7. The number of fused-ring (bicyclic) bond motifs is 1. The first-order valence-electron chi connectivity index (χ1n) is 4.98. The Bertz CT molecular complexity index is 545. The van der Waals surface area contributed by atoms with E-state index in [-0.39, 0.29) is 11.4 Å². The molecular weight excluding hydrogens is 224 g/mol. The molecule has 0 aliphatic rings. The molecule has 2 aromatic heterocycles. The molecule has 0 bridgehead atoms. The van der Waals surface area contributed by atoms with Crippen LogP contribution in [0.5, 0.6) is 0 Å². The average Bonchev–Trinajstić information content (AvgIpc) is 2.16. The van der Waals surface area contributed by atoms with Gasteiger partial charge >= 0.3 is 0 Å². The van der Waals surface area contributed by atoms with E-state index in [1.807, 2.05) is 0 Å². The van der Waals surface area contributed by atoms with E-state index in [0.29, 0.717) is 10.7 Å². The van der Waals surface area contributed by atoms with Crippen molar-refractivity contribution in [1.29, 1.82) is 0 Å². The van der Waals surface area contributed by atoms with Gasteiger partial charge in [0.2, 0.25) is 5.95 Å². The lowest BCUT2D eigenvalue weighted by Crippen LogP contribution is -2.16. The normalized spacial score (nSPS) is 12.0. The Hall–Kier alpha value is -1.42. The Morgan fingerprint density at radius 1 is 1.12 bits per heavy atom. The molecule has 2 heterocycles. The van der Waals surface area contributed by atoms with Crippen LogP contribution in [0.15, 0.2) is 12.1 Å². The van der Waals surface area contributed by atoms with Gasteiger partial charge < -0.3 is 5.73 Å². The molecule has 0 saturated carbocycles. The average molecular weight is 237 g/mol. The fourth-order valence-corrected chi connectivity index (χ4v) is 1.68. The number of nitrogen functional groups attached to an aromatic ring is 1. The van der Waals surface area contributed by atoms with Crippen molar-refractivity contribution < 1.29 is 0 Å². The number of rotatable bonds is 0. The standard InChI is InChI=1S/C11H13ClN4/c1-11(2,3)9-8-6(14-10(13)16-9)4-5-7(12)15-8/h4-5H,1-3H3,(H2,13,14,16). The highest BCUT2D eigenvalue weighted by Crippen LogP contribution is 2.27. The monoisotopic (exact) mass is 236 g/mol. The number of nitrogens with zero attached hydrogens (tertiary/aromatic N) is 3. The molecule has 2 aromatic rings. The second-order valence-corrected chi connectivity index (χ2v) is 5.07. The molecule has 0 fully saturated rings. The highest BCUT2D eigenvalue weighted by Gasteiger charge is 2.21. The lowest BCUT2D eigenvalue weighted by molar-refractivity contribution is 0.574. The van der Waals surface area contributed by atoms with Crippen LogP contribution >= 0.6 is 11.6 Å². The molecule has 0 aliphatic carbocycles. The number of aromatic nitrogens is 3. The largest absolute Gasteiger partial charge is 0.368 e. The van der Waals surface area contributed by atoms with Crippen LogP contribution in [-0.2, 0) is 5.41 Å². The zero-order valence-corrected chi connectivity index (χ0v) is 10.2. The Morgan fingerprint density at radius 2 is 1.81 bits per heavy atom. The fourth-order valence-electron chi connectivity index (χ4n) is 1.53. The quantitative estimate of drug-likeness (QED) is 0.714. The zero-order chi connectivity index (χ0) is 11.9. The van der Waals surface area contributed by atoms with E-state index in [2.05, 4.69) is 35.7 Å². The van der Waals surface area contributed by atoms with Gasteiger partial charge in [0.15, 0.2) is 0 Å². The minimum absolute atomic E-state index is 0.146. The predicted molar refractivity (Wildman–Crippen MR) is 65.5 cm³/mol. The van der Waals surface area contributed by atoms with Crippen molar-refractivity contribution in [1.82, 2.24) is 15.0 Å². The minimum Gasteiger partial charge on any atom is -0.368 e. The molecule has 5 heteroatoms. The summed E-state index contributed by atoms with van der Waals surface area (Å²) in [5.41, 5.74) is 7.79. The fraction of sp³-hybridized carbons (Fsp3) is 0.364. The number of halogens is 1. The third kappa shape index (κ3) is 1.93. The van der Waals surface area contributed by atoms with Gasteiger partial charge in [0, 0.05) is 5.41 Å². The Morgan fingerprint density at radius 3 is 2.44 bits per heavy atom. The van der Waals surface area contributed by atoms with Gasteiger partial charge in [0.05, 0.1) is 11.2 Å². The van der Waals surface area contributed by atoms with Crippen LogP contribution in [-0.4, -0.2) is 15.0 Å². The first kappa shape index (κ1) is 11.1. The third-order valence-electron chi connectivity index (χ3n) is 2.24. The summed E-state index contributed by atoms with van der Waals surface area (Å²) in [6.07, 6.45) is 0. The number of hydrogen-bond donors (Lipinski definition) is 1. The molecular formula is C11H13ClN4. The number of anilines is 1. The molecule has 4 nitrogen and oxygen atoms in total. The summed E-state index contributed by atoms with van der Waals surface area (Å²) in [5.74, 6) is 0.265. The second-order valence-electron chi connectivity index (χ2n) is 4.68. The van der Waals surface area contributed by atoms with E-state index in [9.17, 15) is 0 Å². The molecule has 0 aliphatic heterocycles. The summed E-state index contributed by atoms with van der Waals surface area (Å²) in [7, 11) is 0. The molecule has 2 rings (SSSR count). The Balaban J connectivity index is 2.85. The SMILES string of the molecule is CC(C)(C)c1nc(N)nc2ccc(Cl)nc12. The summed E-state index contributed by atoms with van der Waals surface area (Å²) in [6, 6.07) is 3.50. The van der Waals surface area contributed by atoms with Crippen molar-refractivity contribution in [3.05, 3.63) is 23.0 Å². The molecule has 0 radical (unpaired) electrons. The number of hydrogen-bond acceptors (Lipinski definition) is 4. The molecule has 0 atom stereocenters. The Labute approximate surface area is 98.9 Å². The molecule has 0 unspecified atom stereocenters. The van der Waals surface area contributed by atoms with Crippen LogP contribution in [0, 0.1) is 0 Å². The van der Waals surface area contributed by atoms with Crippen molar-refractivity contribution >= 4 is 28.6 Å². The second kappa shape index (κ2) is 3.56. The van der Waals surface area contributed by atoms with Crippen molar-refractivity contribution in [2.75, 3.05) is 5.73 Å². The van der Waals surface area contributed by atoms with Gasteiger partial charge in [-0.3, -0.25) is 0 Å². The summed E-state index contributed by atoms with van der Waals surface area (Å²) in [5, 5.41) is 0.436. The van der Waals surface area contributed by atoms with Crippen LogP contribution in [0.4, 0.5) is 5.95 Å². The summed E-state index contributed by atoms with van der Waals surface area (Å²) in [6.45, 7) is 6.16. The smallest absolute Gasteiger partial charge is 0.220 e. The summed E-state index contributed by atoms with van der Waals surface area (Å²) >= 11 is 5.88. The van der Waals surface area contributed by atoms with Crippen molar-refractivity contribution in [2.45, 2.75) is 26.2 Å². The molecule has 2 N–H and O–H groups in total. The zero-order valence-electron chi connectivity index (χ0n) is 9.45. The van der Waals surface area contributed by atoms with E-state index in [1.165, 1.54) is 0 Å². The van der Waals surface area contributed by atoms with Crippen LogP contribution in [0.2, 0.25) is 5.15 Å². The van der Waals surface area contributed by atoms with Crippen molar-refractivity contribution in [3.8, 4) is 0 Å². The van der Waals surface area contributed by atoms with E-state index < -0.39 is 0 Å². The number of nitrogens with two attached hydrogens (primary N) is 1. The maximum absolute atomic E-state index is 5.88. The van der Waals surface area contributed by atoms with Gasteiger partial charge in [-0.05, 0) is 12.1 Å². The van der Waals surface area contributed by atoms with Gasteiger partial charge in [-0.25, -0.2) is 15.0 Å². The highest BCUT2D eigenvalue weighted by molar-refractivity contribution is 6.29. The first-order valence-corrected chi connectivity index (χ1v) is 5.36. The van der Waals surface area contributed by atoms with Crippen LogP contribution in [0.1, 0.15) is 26.5 Å². The van der Waals surface area contributed by atoms with E-state index in [4.69, 9.17) is 17.3 Å².